The highest BCUT2D eigenvalue weighted by Gasteiger charge is 2.36. The third-order valence-electron chi connectivity index (χ3n) is 5.35. The summed E-state index contributed by atoms with van der Waals surface area (Å²) >= 11 is 0. The van der Waals surface area contributed by atoms with Crippen molar-refractivity contribution < 1.29 is 19.1 Å². The molecule has 1 atom stereocenters. The zero-order chi connectivity index (χ0) is 21.1. The molecule has 0 radical (unpaired) electrons. The third kappa shape index (κ3) is 4.21. The van der Waals surface area contributed by atoms with E-state index in [2.05, 4.69) is 19.2 Å². The molecule has 1 N–H and O–H groups in total. The predicted octanol–water partition coefficient (Wildman–Crippen LogP) is 4.13. The van der Waals surface area contributed by atoms with Gasteiger partial charge in [-0.2, -0.15) is 0 Å². The fourth-order valence-corrected chi connectivity index (χ4v) is 3.69. The number of para-hydroxylation sites is 1. The van der Waals surface area contributed by atoms with Gasteiger partial charge in [-0.15, -0.1) is 0 Å². The van der Waals surface area contributed by atoms with Crippen LogP contribution in [-0.4, -0.2) is 32.6 Å². The van der Waals surface area contributed by atoms with Crippen molar-refractivity contribution in [1.29, 1.82) is 0 Å². The van der Waals surface area contributed by atoms with Crippen molar-refractivity contribution in [2.75, 3.05) is 31.0 Å². The second-order valence-electron chi connectivity index (χ2n) is 7.63. The van der Waals surface area contributed by atoms with E-state index in [0.29, 0.717) is 23.7 Å². The molecule has 1 fully saturated rings. The highest BCUT2D eigenvalue weighted by atomic mass is 16.5. The fraction of sp³-hybridized carbons (Fsp3) is 0.391. The highest BCUT2D eigenvalue weighted by Crippen LogP contribution is 2.36. The van der Waals surface area contributed by atoms with Gasteiger partial charge in [0.15, 0.2) is 0 Å². The molecule has 6 heteroatoms. The zero-order valence-corrected chi connectivity index (χ0v) is 17.6. The Morgan fingerprint density at radius 3 is 2.59 bits per heavy atom. The lowest BCUT2D eigenvalue weighted by Crippen LogP contribution is -2.28. The van der Waals surface area contributed by atoms with Gasteiger partial charge < -0.3 is 19.7 Å². The molecule has 0 aromatic heterocycles. The van der Waals surface area contributed by atoms with E-state index in [-0.39, 0.29) is 24.2 Å². The van der Waals surface area contributed by atoms with Crippen LogP contribution in [-0.2, 0) is 9.59 Å². The van der Waals surface area contributed by atoms with Crippen molar-refractivity contribution in [3.63, 3.8) is 0 Å². The first-order valence-corrected chi connectivity index (χ1v) is 9.78. The first-order valence-electron chi connectivity index (χ1n) is 9.78. The van der Waals surface area contributed by atoms with Crippen LogP contribution in [0.25, 0.3) is 0 Å². The van der Waals surface area contributed by atoms with Gasteiger partial charge in [-0.05, 0) is 36.1 Å². The Kier molecular flexibility index (Phi) is 6.11. The molecule has 1 aliphatic rings. The van der Waals surface area contributed by atoms with Crippen molar-refractivity contribution in [2.24, 2.45) is 5.92 Å². The van der Waals surface area contributed by atoms with Crippen molar-refractivity contribution in [1.82, 2.24) is 0 Å². The number of carbonyl (C=O) groups is 2. The molecule has 2 aromatic rings. The first-order chi connectivity index (χ1) is 13.8. The Balaban J connectivity index is 1.80. The molecule has 0 saturated carbocycles. The van der Waals surface area contributed by atoms with E-state index in [1.807, 2.05) is 25.1 Å². The summed E-state index contributed by atoms with van der Waals surface area (Å²) in [5, 5.41) is 3.07. The topological polar surface area (TPSA) is 67.9 Å². The summed E-state index contributed by atoms with van der Waals surface area (Å²) in [6.07, 6.45) is 0.171. The molecule has 29 heavy (non-hydrogen) atoms. The molecular formula is C23H28N2O4. The Morgan fingerprint density at radius 2 is 1.93 bits per heavy atom. The number of hydrogen-bond acceptors (Lipinski definition) is 4. The molecule has 154 valence electrons. The summed E-state index contributed by atoms with van der Waals surface area (Å²) in [4.78, 5) is 27.3. The number of anilines is 2. The summed E-state index contributed by atoms with van der Waals surface area (Å²) in [6, 6.07) is 11.3. The van der Waals surface area contributed by atoms with Crippen LogP contribution in [0, 0.1) is 12.8 Å². The van der Waals surface area contributed by atoms with Crippen molar-refractivity contribution >= 4 is 23.2 Å². The monoisotopic (exact) mass is 396 g/mol. The number of methoxy groups -OCH3 is 2. The number of aryl methyl sites for hydroxylation is 1. The average Bonchev–Trinajstić information content (AvgIpc) is 3.10. The Hall–Kier alpha value is -3.02. The van der Waals surface area contributed by atoms with Gasteiger partial charge in [-0.3, -0.25) is 9.59 Å². The summed E-state index contributed by atoms with van der Waals surface area (Å²) in [5.74, 6) is 0.823. The number of rotatable bonds is 6. The van der Waals surface area contributed by atoms with E-state index in [1.165, 1.54) is 0 Å². The number of amides is 2. The maximum Gasteiger partial charge on any atom is 0.229 e. The normalized spacial score (nSPS) is 16.3. The van der Waals surface area contributed by atoms with E-state index in [9.17, 15) is 9.59 Å². The van der Waals surface area contributed by atoms with Crippen LogP contribution in [0.3, 0.4) is 0 Å². The van der Waals surface area contributed by atoms with Crippen LogP contribution in [0.2, 0.25) is 0 Å². The second-order valence-corrected chi connectivity index (χ2v) is 7.63. The zero-order valence-electron chi connectivity index (χ0n) is 17.6. The van der Waals surface area contributed by atoms with Gasteiger partial charge in [-0.25, -0.2) is 0 Å². The lowest BCUT2D eigenvalue weighted by atomic mass is 9.97. The van der Waals surface area contributed by atoms with Crippen LogP contribution in [0.1, 0.15) is 37.3 Å². The van der Waals surface area contributed by atoms with Gasteiger partial charge in [0, 0.05) is 24.7 Å². The molecule has 3 rings (SSSR count). The third-order valence-corrected chi connectivity index (χ3v) is 5.35. The molecule has 1 unspecified atom stereocenters. The van der Waals surface area contributed by atoms with Gasteiger partial charge in [0.1, 0.15) is 11.5 Å². The number of hydrogen-bond donors (Lipinski definition) is 1. The van der Waals surface area contributed by atoms with Gasteiger partial charge in [0.25, 0.3) is 0 Å². The van der Waals surface area contributed by atoms with Gasteiger partial charge in [-0.1, -0.05) is 32.0 Å². The molecule has 0 spiro atoms. The van der Waals surface area contributed by atoms with Gasteiger partial charge in [0.2, 0.25) is 11.8 Å². The van der Waals surface area contributed by atoms with Gasteiger partial charge >= 0.3 is 0 Å². The lowest BCUT2D eigenvalue weighted by molar-refractivity contribution is -0.122. The number of carbonyl (C=O) groups excluding carboxylic acids is 2. The Labute approximate surface area is 171 Å². The minimum Gasteiger partial charge on any atom is -0.497 e. The quantitative estimate of drug-likeness (QED) is 0.797. The number of benzene rings is 2. The average molecular weight is 396 g/mol. The summed E-state index contributed by atoms with van der Waals surface area (Å²) < 4.78 is 10.6. The van der Waals surface area contributed by atoms with Crippen LogP contribution in [0.4, 0.5) is 11.4 Å². The standard InChI is InChI=1S/C23H28N2O4/c1-14(2)18-8-6-7-15(3)22(18)24-23(27)16-11-21(26)25(13-16)19-10-9-17(28-4)12-20(19)29-5/h6-10,12,14,16H,11,13H2,1-5H3,(H,24,27). The molecule has 2 aromatic carbocycles. The number of nitrogens with zero attached hydrogens (tertiary/aromatic N) is 1. The minimum atomic E-state index is -0.422. The van der Waals surface area contributed by atoms with Crippen LogP contribution in [0.15, 0.2) is 36.4 Å². The minimum absolute atomic E-state index is 0.0949. The number of nitrogens with one attached hydrogen (secondary N) is 1. The molecule has 0 aliphatic carbocycles. The maximum atomic E-state index is 13.0. The second kappa shape index (κ2) is 8.55. The van der Waals surface area contributed by atoms with Crippen LogP contribution < -0.4 is 19.7 Å². The smallest absolute Gasteiger partial charge is 0.229 e. The number of ether oxygens (including phenoxy) is 2. The fourth-order valence-electron chi connectivity index (χ4n) is 3.69. The first kappa shape index (κ1) is 20.7. The molecule has 1 saturated heterocycles. The molecule has 2 amide bonds. The molecule has 1 aliphatic heterocycles. The Morgan fingerprint density at radius 1 is 1.17 bits per heavy atom. The summed E-state index contributed by atoms with van der Waals surface area (Å²) in [5.41, 5.74) is 3.60. The predicted molar refractivity (Wildman–Crippen MR) is 114 cm³/mol. The van der Waals surface area contributed by atoms with E-state index >= 15 is 0 Å². The van der Waals surface area contributed by atoms with Crippen molar-refractivity contribution in [3.05, 3.63) is 47.5 Å². The molecule has 0 bridgehead atoms. The van der Waals surface area contributed by atoms with Gasteiger partial charge in [0.05, 0.1) is 25.8 Å². The van der Waals surface area contributed by atoms with E-state index in [4.69, 9.17) is 9.47 Å². The van der Waals surface area contributed by atoms with Crippen LogP contribution >= 0.6 is 0 Å². The van der Waals surface area contributed by atoms with Crippen molar-refractivity contribution in [3.8, 4) is 11.5 Å². The van der Waals surface area contributed by atoms with Crippen LogP contribution in [0.5, 0.6) is 11.5 Å². The SMILES string of the molecule is COc1ccc(N2CC(C(=O)Nc3c(C)cccc3C(C)C)CC2=O)c(OC)c1. The lowest BCUT2D eigenvalue weighted by Gasteiger charge is -2.21. The summed E-state index contributed by atoms with van der Waals surface area (Å²) in [7, 11) is 3.13. The highest BCUT2D eigenvalue weighted by molar-refractivity contribution is 6.04. The molecule has 1 heterocycles. The van der Waals surface area contributed by atoms with Crippen molar-refractivity contribution in [2.45, 2.75) is 33.1 Å². The largest absolute Gasteiger partial charge is 0.497 e. The molecular weight excluding hydrogens is 368 g/mol. The summed E-state index contributed by atoms with van der Waals surface area (Å²) in [6.45, 7) is 6.49. The maximum absolute atomic E-state index is 13.0. The Bertz CT molecular complexity index is 923. The van der Waals surface area contributed by atoms with E-state index in [1.54, 1.807) is 37.3 Å². The molecule has 6 nitrogen and oxygen atoms in total. The van der Waals surface area contributed by atoms with E-state index < -0.39 is 5.92 Å². The van der Waals surface area contributed by atoms with E-state index in [0.717, 1.165) is 16.8 Å².